The molecule has 0 spiro atoms. The van der Waals surface area contributed by atoms with Crippen LogP contribution in [0.2, 0.25) is 5.02 Å². The van der Waals surface area contributed by atoms with Gasteiger partial charge in [-0.25, -0.2) is 8.42 Å². The molecule has 0 saturated carbocycles. The van der Waals surface area contributed by atoms with E-state index in [4.69, 9.17) is 16.3 Å². The van der Waals surface area contributed by atoms with Crippen LogP contribution in [0.5, 0.6) is 0 Å². The first-order valence-electron chi connectivity index (χ1n) is 7.15. The number of carbonyl (C=O) groups is 1. The third-order valence-electron chi connectivity index (χ3n) is 4.07. The fraction of sp³-hybridized carbons (Fsp3) is 0.500. The number of nitrogens with zero attached hydrogens (tertiary/aromatic N) is 2. The van der Waals surface area contributed by atoms with Gasteiger partial charge in [0.05, 0.1) is 11.5 Å². The molecular weight excluding hydrogens is 328 g/mol. The Balaban J connectivity index is 1.68. The highest BCUT2D eigenvalue weighted by Crippen LogP contribution is 2.22. The number of esters is 1. The van der Waals surface area contributed by atoms with Crippen molar-refractivity contribution in [1.82, 2.24) is 9.21 Å². The summed E-state index contributed by atoms with van der Waals surface area (Å²) in [4.78, 5) is 13.8. The molecule has 2 aliphatic rings. The van der Waals surface area contributed by atoms with Crippen LogP contribution in [0.25, 0.3) is 0 Å². The molecule has 0 N–H and O–H groups in total. The Labute approximate surface area is 134 Å². The summed E-state index contributed by atoms with van der Waals surface area (Å²) in [5, 5.41) is 0.503. The first kappa shape index (κ1) is 15.7. The Hall–Kier alpha value is -1.15. The molecule has 1 aromatic rings. The van der Waals surface area contributed by atoms with Gasteiger partial charge in [-0.2, -0.15) is 4.31 Å². The smallest absolute Gasteiger partial charge is 0.323 e. The Morgan fingerprint density at radius 2 is 1.73 bits per heavy atom. The Morgan fingerprint density at radius 3 is 2.27 bits per heavy atom. The lowest BCUT2D eigenvalue weighted by Gasteiger charge is -2.35. The standard InChI is InChI=1S/C14H17ClN2O4S/c15-11-1-3-12(4-2-11)22(19,20)17-8-6-16(7-9-17)13-5-10-21-14(13)18/h1-4,13H,5-10H2/t13-/m0/s1. The minimum absolute atomic E-state index is 0.200. The Kier molecular flexibility index (Phi) is 4.40. The third kappa shape index (κ3) is 2.99. The maximum atomic E-state index is 12.6. The van der Waals surface area contributed by atoms with E-state index < -0.39 is 10.0 Å². The predicted molar refractivity (Wildman–Crippen MR) is 81.1 cm³/mol. The van der Waals surface area contributed by atoms with Gasteiger partial charge in [0.15, 0.2) is 0 Å². The van der Waals surface area contributed by atoms with E-state index in [9.17, 15) is 13.2 Å². The molecule has 0 aromatic heterocycles. The van der Waals surface area contributed by atoms with Crippen LogP contribution >= 0.6 is 11.6 Å². The summed E-state index contributed by atoms with van der Waals surface area (Å²) in [6.45, 7) is 2.26. The largest absolute Gasteiger partial charge is 0.464 e. The molecule has 1 aromatic carbocycles. The normalized spacial score (nSPS) is 24.4. The highest BCUT2D eigenvalue weighted by atomic mass is 35.5. The van der Waals surface area contributed by atoms with Crippen LogP contribution in [0, 0.1) is 0 Å². The van der Waals surface area contributed by atoms with Crippen molar-refractivity contribution in [2.24, 2.45) is 0 Å². The van der Waals surface area contributed by atoms with Crippen LogP contribution in [0.4, 0.5) is 0 Å². The van der Waals surface area contributed by atoms with Gasteiger partial charge in [0.25, 0.3) is 0 Å². The molecular formula is C14H17ClN2O4S. The summed E-state index contributed by atoms with van der Waals surface area (Å²) in [5.74, 6) is -0.200. The number of sulfonamides is 1. The van der Waals surface area contributed by atoms with Crippen LogP contribution in [0.1, 0.15) is 6.42 Å². The summed E-state index contributed by atoms with van der Waals surface area (Å²) in [7, 11) is -3.51. The number of hydrogen-bond acceptors (Lipinski definition) is 5. The molecule has 120 valence electrons. The van der Waals surface area contributed by atoms with Gasteiger partial charge in [0, 0.05) is 37.6 Å². The van der Waals surface area contributed by atoms with Crippen molar-refractivity contribution in [1.29, 1.82) is 0 Å². The van der Waals surface area contributed by atoms with Gasteiger partial charge >= 0.3 is 5.97 Å². The molecule has 22 heavy (non-hydrogen) atoms. The number of carbonyl (C=O) groups excluding carboxylic acids is 1. The summed E-state index contributed by atoms with van der Waals surface area (Å²) in [6.07, 6.45) is 0.683. The first-order valence-corrected chi connectivity index (χ1v) is 8.97. The molecule has 0 aliphatic carbocycles. The molecule has 1 atom stereocenters. The SMILES string of the molecule is O=C1OCC[C@@H]1N1CCN(S(=O)(=O)c2ccc(Cl)cc2)CC1. The fourth-order valence-corrected chi connectivity index (χ4v) is 4.38. The van der Waals surface area contributed by atoms with E-state index in [0.717, 1.165) is 0 Å². The number of piperazine rings is 1. The van der Waals surface area contributed by atoms with E-state index in [2.05, 4.69) is 0 Å². The molecule has 6 nitrogen and oxygen atoms in total. The van der Waals surface area contributed by atoms with Crippen molar-refractivity contribution >= 4 is 27.6 Å². The minimum Gasteiger partial charge on any atom is -0.464 e. The minimum atomic E-state index is -3.51. The quantitative estimate of drug-likeness (QED) is 0.764. The zero-order valence-corrected chi connectivity index (χ0v) is 13.5. The van der Waals surface area contributed by atoms with Gasteiger partial charge in [-0.3, -0.25) is 9.69 Å². The zero-order chi connectivity index (χ0) is 15.7. The topological polar surface area (TPSA) is 66.9 Å². The van der Waals surface area contributed by atoms with Crippen LogP contribution < -0.4 is 0 Å². The van der Waals surface area contributed by atoms with Gasteiger partial charge in [0.2, 0.25) is 10.0 Å². The molecule has 2 saturated heterocycles. The number of benzene rings is 1. The molecule has 0 bridgehead atoms. The lowest BCUT2D eigenvalue weighted by molar-refractivity contribution is -0.142. The van der Waals surface area contributed by atoms with E-state index in [1.54, 1.807) is 12.1 Å². The molecule has 8 heteroatoms. The van der Waals surface area contributed by atoms with Crippen LogP contribution in [-0.2, 0) is 19.6 Å². The second-order valence-corrected chi connectivity index (χ2v) is 7.74. The summed E-state index contributed by atoms with van der Waals surface area (Å²) >= 11 is 5.79. The molecule has 0 radical (unpaired) electrons. The average Bonchev–Trinajstić information content (AvgIpc) is 2.94. The van der Waals surface area contributed by atoms with Crippen molar-refractivity contribution in [2.45, 2.75) is 17.4 Å². The average molecular weight is 345 g/mol. The molecule has 0 amide bonds. The van der Waals surface area contributed by atoms with Crippen LogP contribution in [0.15, 0.2) is 29.2 Å². The van der Waals surface area contributed by atoms with E-state index >= 15 is 0 Å². The van der Waals surface area contributed by atoms with E-state index in [-0.39, 0.29) is 16.9 Å². The van der Waals surface area contributed by atoms with Gasteiger partial charge in [-0.15, -0.1) is 0 Å². The predicted octanol–water partition coefficient (Wildman–Crippen LogP) is 0.962. The lowest BCUT2D eigenvalue weighted by Crippen LogP contribution is -2.52. The monoisotopic (exact) mass is 344 g/mol. The number of rotatable bonds is 3. The van der Waals surface area contributed by atoms with E-state index in [1.165, 1.54) is 16.4 Å². The van der Waals surface area contributed by atoms with Gasteiger partial charge in [-0.1, -0.05) is 11.6 Å². The second-order valence-electron chi connectivity index (χ2n) is 5.37. The van der Waals surface area contributed by atoms with Gasteiger partial charge < -0.3 is 4.74 Å². The van der Waals surface area contributed by atoms with E-state index in [0.29, 0.717) is 44.2 Å². The van der Waals surface area contributed by atoms with E-state index in [1.807, 2.05) is 4.90 Å². The Morgan fingerprint density at radius 1 is 1.09 bits per heavy atom. The van der Waals surface area contributed by atoms with Crippen molar-refractivity contribution < 1.29 is 17.9 Å². The van der Waals surface area contributed by atoms with Crippen molar-refractivity contribution in [3.63, 3.8) is 0 Å². The number of hydrogen-bond donors (Lipinski definition) is 0. The third-order valence-corrected chi connectivity index (χ3v) is 6.24. The molecule has 0 unspecified atom stereocenters. The molecule has 2 heterocycles. The highest BCUT2D eigenvalue weighted by molar-refractivity contribution is 7.89. The Bertz CT molecular complexity index is 654. The zero-order valence-electron chi connectivity index (χ0n) is 11.9. The maximum absolute atomic E-state index is 12.6. The second kappa shape index (κ2) is 6.16. The molecule has 2 aliphatic heterocycles. The summed E-state index contributed by atoms with van der Waals surface area (Å²) in [5.41, 5.74) is 0. The van der Waals surface area contributed by atoms with Crippen LogP contribution in [-0.4, -0.2) is 62.4 Å². The molecule has 2 fully saturated rings. The fourth-order valence-electron chi connectivity index (χ4n) is 2.83. The lowest BCUT2D eigenvalue weighted by atomic mass is 10.2. The van der Waals surface area contributed by atoms with Gasteiger partial charge in [-0.05, 0) is 24.3 Å². The van der Waals surface area contributed by atoms with Gasteiger partial charge in [0.1, 0.15) is 6.04 Å². The molecule has 3 rings (SSSR count). The van der Waals surface area contributed by atoms with Crippen molar-refractivity contribution in [2.75, 3.05) is 32.8 Å². The summed E-state index contributed by atoms with van der Waals surface area (Å²) < 4.78 is 31.5. The maximum Gasteiger partial charge on any atom is 0.323 e. The number of halogens is 1. The van der Waals surface area contributed by atoms with Crippen molar-refractivity contribution in [3.8, 4) is 0 Å². The summed E-state index contributed by atoms with van der Waals surface area (Å²) in [6, 6.07) is 5.94. The van der Waals surface area contributed by atoms with Crippen molar-refractivity contribution in [3.05, 3.63) is 29.3 Å². The number of ether oxygens (including phenoxy) is 1. The van der Waals surface area contributed by atoms with Crippen LogP contribution in [0.3, 0.4) is 0 Å². The first-order chi connectivity index (χ1) is 10.5. The number of cyclic esters (lactones) is 1. The highest BCUT2D eigenvalue weighted by Gasteiger charge is 2.36.